The van der Waals surface area contributed by atoms with Crippen molar-refractivity contribution in [3.8, 4) is 11.5 Å². The number of amides is 2. The number of hydrogen-bond donors (Lipinski definition) is 2. The van der Waals surface area contributed by atoms with Gasteiger partial charge in [0.05, 0.1) is 11.8 Å². The molecule has 0 fully saturated rings. The molecule has 4 rings (SSSR count). The van der Waals surface area contributed by atoms with E-state index in [-0.39, 0.29) is 17.6 Å². The summed E-state index contributed by atoms with van der Waals surface area (Å²) in [7, 11) is 0. The zero-order valence-electron chi connectivity index (χ0n) is 16.7. The third-order valence-corrected chi connectivity index (χ3v) is 4.33. The number of nitrogens with one attached hydrogen (secondary N) is 2. The van der Waals surface area contributed by atoms with Crippen molar-refractivity contribution in [2.45, 2.75) is 0 Å². The average Bonchev–Trinajstić information content (AvgIpc) is 2.82. The third kappa shape index (κ3) is 5.31. The van der Waals surface area contributed by atoms with E-state index in [1.807, 2.05) is 0 Å². The van der Waals surface area contributed by atoms with Crippen LogP contribution in [0.1, 0.15) is 20.7 Å². The van der Waals surface area contributed by atoms with Crippen molar-refractivity contribution in [1.82, 2.24) is 9.97 Å². The molecule has 4 aromatic rings. The molecule has 158 valence electrons. The van der Waals surface area contributed by atoms with Crippen LogP contribution in [0.5, 0.6) is 11.5 Å². The van der Waals surface area contributed by atoms with Gasteiger partial charge in [0.2, 0.25) is 0 Å². The molecule has 0 radical (unpaired) electrons. The molecule has 8 heteroatoms. The second-order valence-electron chi connectivity index (χ2n) is 6.67. The number of nitrogens with zero attached hydrogens (tertiary/aromatic N) is 2. The lowest BCUT2D eigenvalue weighted by atomic mass is 10.1. The van der Waals surface area contributed by atoms with Crippen molar-refractivity contribution in [3.63, 3.8) is 0 Å². The smallest absolute Gasteiger partial charge is 0.257 e. The molecule has 2 amide bonds. The minimum Gasteiger partial charge on any atom is -0.456 e. The Hall–Kier alpha value is -4.59. The van der Waals surface area contributed by atoms with Gasteiger partial charge in [0.25, 0.3) is 11.8 Å². The van der Waals surface area contributed by atoms with E-state index in [9.17, 15) is 14.0 Å². The van der Waals surface area contributed by atoms with E-state index in [0.717, 1.165) is 0 Å². The van der Waals surface area contributed by atoms with Crippen molar-refractivity contribution >= 4 is 23.3 Å². The van der Waals surface area contributed by atoms with Gasteiger partial charge in [-0.15, -0.1) is 0 Å². The molecule has 0 aliphatic heterocycles. The number of ether oxygens (including phenoxy) is 1. The predicted molar refractivity (Wildman–Crippen MR) is 117 cm³/mol. The first-order chi connectivity index (χ1) is 15.6. The summed E-state index contributed by atoms with van der Waals surface area (Å²) in [6, 6.07) is 18.7. The molecule has 0 unspecified atom stereocenters. The van der Waals surface area contributed by atoms with Gasteiger partial charge >= 0.3 is 0 Å². The van der Waals surface area contributed by atoms with Gasteiger partial charge in [-0.2, -0.15) is 0 Å². The van der Waals surface area contributed by atoms with E-state index in [1.165, 1.54) is 36.7 Å². The Kier molecular flexibility index (Phi) is 6.12. The van der Waals surface area contributed by atoms with Gasteiger partial charge in [-0.3, -0.25) is 14.6 Å². The summed E-state index contributed by atoms with van der Waals surface area (Å²) in [6.07, 6.45) is 4.49. The van der Waals surface area contributed by atoms with Crippen molar-refractivity contribution in [1.29, 1.82) is 0 Å². The number of pyridine rings is 2. The van der Waals surface area contributed by atoms with Gasteiger partial charge in [-0.1, -0.05) is 6.07 Å². The molecular formula is C24H17FN4O3. The zero-order chi connectivity index (χ0) is 22.3. The molecule has 0 saturated carbocycles. The molecule has 0 aliphatic carbocycles. The number of halogens is 1. The largest absolute Gasteiger partial charge is 0.456 e. The molecule has 2 aromatic heterocycles. The summed E-state index contributed by atoms with van der Waals surface area (Å²) < 4.78 is 18.6. The number of hydrogen-bond acceptors (Lipinski definition) is 5. The fraction of sp³-hybridized carbons (Fsp3) is 0. The molecule has 0 aliphatic rings. The fourth-order valence-electron chi connectivity index (χ4n) is 2.78. The molecular weight excluding hydrogens is 411 g/mol. The normalized spacial score (nSPS) is 10.3. The quantitative estimate of drug-likeness (QED) is 0.455. The maximum absolute atomic E-state index is 13.0. The van der Waals surface area contributed by atoms with E-state index in [0.29, 0.717) is 34.1 Å². The highest BCUT2D eigenvalue weighted by Gasteiger charge is 2.10. The van der Waals surface area contributed by atoms with Crippen LogP contribution in [0.3, 0.4) is 0 Å². The zero-order valence-corrected chi connectivity index (χ0v) is 16.7. The second kappa shape index (κ2) is 9.48. The summed E-state index contributed by atoms with van der Waals surface area (Å²) in [4.78, 5) is 32.9. The van der Waals surface area contributed by atoms with E-state index in [2.05, 4.69) is 20.6 Å². The van der Waals surface area contributed by atoms with Crippen molar-refractivity contribution in [2.75, 3.05) is 10.6 Å². The SMILES string of the molecule is O=C(Nc1cccc(C(=O)Nc2ccc(Oc3ccc(F)cc3)cn2)c1)c1cccnc1. The topological polar surface area (TPSA) is 93.2 Å². The lowest BCUT2D eigenvalue weighted by molar-refractivity contribution is 0.101. The maximum atomic E-state index is 13.0. The van der Waals surface area contributed by atoms with Crippen LogP contribution >= 0.6 is 0 Å². The molecule has 2 aromatic carbocycles. The Labute approximate surface area is 182 Å². The summed E-state index contributed by atoms with van der Waals surface area (Å²) in [5.41, 5.74) is 1.24. The number of benzene rings is 2. The molecule has 7 nitrogen and oxygen atoms in total. The Morgan fingerprint density at radius 1 is 0.781 bits per heavy atom. The van der Waals surface area contributed by atoms with Gasteiger partial charge in [-0.05, 0) is 66.7 Å². The van der Waals surface area contributed by atoms with Crippen LogP contribution in [-0.2, 0) is 0 Å². The molecule has 0 bridgehead atoms. The van der Waals surface area contributed by atoms with Gasteiger partial charge in [-0.25, -0.2) is 9.37 Å². The third-order valence-electron chi connectivity index (χ3n) is 4.33. The van der Waals surface area contributed by atoms with Crippen molar-refractivity contribution < 1.29 is 18.7 Å². The fourth-order valence-corrected chi connectivity index (χ4v) is 2.78. The number of aromatic nitrogens is 2. The molecule has 0 spiro atoms. The Morgan fingerprint density at radius 3 is 2.25 bits per heavy atom. The van der Waals surface area contributed by atoms with Crippen LogP contribution in [0.2, 0.25) is 0 Å². The maximum Gasteiger partial charge on any atom is 0.257 e. The summed E-state index contributed by atoms with van der Waals surface area (Å²) in [5, 5.41) is 5.43. The highest BCUT2D eigenvalue weighted by Crippen LogP contribution is 2.22. The van der Waals surface area contributed by atoms with Crippen LogP contribution < -0.4 is 15.4 Å². The second-order valence-corrected chi connectivity index (χ2v) is 6.67. The van der Waals surface area contributed by atoms with Crippen molar-refractivity contribution in [2.24, 2.45) is 0 Å². The number of anilines is 2. The van der Waals surface area contributed by atoms with Gasteiger partial charge in [0.1, 0.15) is 23.1 Å². The highest BCUT2D eigenvalue weighted by molar-refractivity contribution is 6.07. The summed E-state index contributed by atoms with van der Waals surface area (Å²) in [6.45, 7) is 0. The summed E-state index contributed by atoms with van der Waals surface area (Å²) in [5.74, 6) is 0.168. The van der Waals surface area contributed by atoms with Gasteiger partial charge < -0.3 is 15.4 Å². The van der Waals surface area contributed by atoms with E-state index >= 15 is 0 Å². The van der Waals surface area contributed by atoms with Crippen LogP contribution in [0.15, 0.2) is 91.4 Å². The van der Waals surface area contributed by atoms with Crippen LogP contribution in [0.25, 0.3) is 0 Å². The first-order valence-electron chi connectivity index (χ1n) is 9.59. The Morgan fingerprint density at radius 2 is 1.53 bits per heavy atom. The number of rotatable bonds is 6. The van der Waals surface area contributed by atoms with E-state index in [1.54, 1.807) is 54.7 Å². The van der Waals surface area contributed by atoms with Gasteiger partial charge in [0, 0.05) is 23.6 Å². The molecule has 0 saturated heterocycles. The van der Waals surface area contributed by atoms with E-state index < -0.39 is 0 Å². The molecule has 2 heterocycles. The highest BCUT2D eigenvalue weighted by atomic mass is 19.1. The predicted octanol–water partition coefficient (Wildman–Crippen LogP) is 4.91. The first kappa shape index (κ1) is 20.7. The summed E-state index contributed by atoms with van der Waals surface area (Å²) >= 11 is 0. The van der Waals surface area contributed by atoms with Gasteiger partial charge in [0.15, 0.2) is 0 Å². The van der Waals surface area contributed by atoms with Crippen LogP contribution in [0.4, 0.5) is 15.9 Å². The van der Waals surface area contributed by atoms with Crippen molar-refractivity contribution in [3.05, 3.63) is 108 Å². The van der Waals surface area contributed by atoms with Crippen LogP contribution in [-0.4, -0.2) is 21.8 Å². The molecule has 32 heavy (non-hydrogen) atoms. The Balaban J connectivity index is 1.38. The molecule has 0 atom stereocenters. The first-order valence-corrected chi connectivity index (χ1v) is 9.59. The lowest BCUT2D eigenvalue weighted by Crippen LogP contribution is -2.15. The molecule has 2 N–H and O–H groups in total. The average molecular weight is 428 g/mol. The monoisotopic (exact) mass is 428 g/mol. The standard InChI is InChI=1S/C24H17FN4O3/c25-18-6-8-20(9-7-18)32-21-10-11-22(27-15-21)29-23(30)16-3-1-5-19(13-16)28-24(31)17-4-2-12-26-14-17/h1-15H,(H,28,31)(H,27,29,30). The lowest BCUT2D eigenvalue weighted by Gasteiger charge is -2.09. The van der Waals surface area contributed by atoms with E-state index in [4.69, 9.17) is 4.74 Å². The minimum absolute atomic E-state index is 0.325. The Bertz CT molecular complexity index is 1230. The number of carbonyl (C=O) groups is 2. The minimum atomic E-state index is -0.387. The van der Waals surface area contributed by atoms with Crippen LogP contribution in [0, 0.1) is 5.82 Å². The number of carbonyl (C=O) groups excluding carboxylic acids is 2.